The van der Waals surface area contributed by atoms with Gasteiger partial charge in [0, 0.05) is 19.6 Å². The van der Waals surface area contributed by atoms with Gasteiger partial charge >= 0.3 is 0 Å². The van der Waals surface area contributed by atoms with Crippen LogP contribution in [0.4, 0.5) is 11.8 Å². The van der Waals surface area contributed by atoms with Gasteiger partial charge in [-0.2, -0.15) is 4.98 Å². The van der Waals surface area contributed by atoms with E-state index in [9.17, 15) is 0 Å². The van der Waals surface area contributed by atoms with Crippen LogP contribution in [0.15, 0.2) is 11.4 Å². The maximum Gasteiger partial charge on any atom is 0.226 e. The van der Waals surface area contributed by atoms with Crippen molar-refractivity contribution < 1.29 is 0 Å². The third-order valence-corrected chi connectivity index (χ3v) is 5.08. The van der Waals surface area contributed by atoms with Crippen molar-refractivity contribution in [3.63, 3.8) is 0 Å². The van der Waals surface area contributed by atoms with E-state index in [-0.39, 0.29) is 0 Å². The van der Waals surface area contributed by atoms with Gasteiger partial charge in [-0.15, -0.1) is 11.3 Å². The summed E-state index contributed by atoms with van der Waals surface area (Å²) in [5, 5.41) is 6.55. The third-order valence-electron chi connectivity index (χ3n) is 4.27. The van der Waals surface area contributed by atoms with Crippen LogP contribution in [0.3, 0.4) is 0 Å². The van der Waals surface area contributed by atoms with Crippen LogP contribution >= 0.6 is 11.3 Å². The van der Waals surface area contributed by atoms with Gasteiger partial charge in [-0.1, -0.05) is 13.8 Å². The molecule has 20 heavy (non-hydrogen) atoms. The molecule has 1 fully saturated rings. The maximum atomic E-state index is 4.76. The Kier molecular flexibility index (Phi) is 3.78. The Morgan fingerprint density at radius 2 is 2.20 bits per heavy atom. The number of hydrogen-bond acceptors (Lipinski definition) is 5. The quantitative estimate of drug-likeness (QED) is 0.937. The summed E-state index contributed by atoms with van der Waals surface area (Å²) in [6.07, 6.45) is 1.24. The minimum Gasteiger partial charge on any atom is -0.356 e. The van der Waals surface area contributed by atoms with Crippen LogP contribution < -0.4 is 10.2 Å². The average molecular weight is 290 g/mol. The molecular formula is C15H22N4S. The second-order valence-electron chi connectivity index (χ2n) is 5.73. The third kappa shape index (κ3) is 2.46. The molecule has 1 saturated heterocycles. The Balaban J connectivity index is 1.98. The lowest BCUT2D eigenvalue weighted by molar-refractivity contribution is 0.323. The monoisotopic (exact) mass is 290 g/mol. The zero-order valence-electron chi connectivity index (χ0n) is 12.4. The first-order chi connectivity index (χ1) is 9.69. The first-order valence-corrected chi connectivity index (χ1v) is 8.31. The number of anilines is 2. The molecule has 2 aromatic heterocycles. The van der Waals surface area contributed by atoms with E-state index >= 15 is 0 Å². The highest BCUT2D eigenvalue weighted by molar-refractivity contribution is 7.16. The molecule has 3 rings (SSSR count). The Morgan fingerprint density at radius 3 is 2.95 bits per heavy atom. The fourth-order valence-electron chi connectivity index (χ4n) is 2.77. The van der Waals surface area contributed by atoms with E-state index in [0.717, 1.165) is 48.1 Å². The molecule has 0 spiro atoms. The van der Waals surface area contributed by atoms with Crippen LogP contribution in [0.25, 0.3) is 10.2 Å². The molecule has 2 aromatic rings. The lowest BCUT2D eigenvalue weighted by Gasteiger charge is -2.36. The summed E-state index contributed by atoms with van der Waals surface area (Å²) in [5.41, 5.74) is 0. The van der Waals surface area contributed by atoms with Crippen molar-refractivity contribution in [3.05, 3.63) is 11.4 Å². The summed E-state index contributed by atoms with van der Waals surface area (Å²) in [6.45, 7) is 9.81. The van der Waals surface area contributed by atoms with E-state index in [0.29, 0.717) is 0 Å². The second kappa shape index (κ2) is 5.56. The van der Waals surface area contributed by atoms with Crippen molar-refractivity contribution >= 4 is 33.3 Å². The van der Waals surface area contributed by atoms with Gasteiger partial charge < -0.3 is 10.2 Å². The van der Waals surface area contributed by atoms with Crippen LogP contribution in [0.1, 0.15) is 27.2 Å². The van der Waals surface area contributed by atoms with Crippen molar-refractivity contribution in [3.8, 4) is 0 Å². The van der Waals surface area contributed by atoms with E-state index < -0.39 is 0 Å². The number of rotatable bonds is 3. The number of nitrogens with one attached hydrogen (secondary N) is 1. The van der Waals surface area contributed by atoms with E-state index in [4.69, 9.17) is 4.98 Å². The van der Waals surface area contributed by atoms with Gasteiger partial charge in [-0.05, 0) is 36.6 Å². The molecule has 5 heteroatoms. The van der Waals surface area contributed by atoms with Gasteiger partial charge in [-0.25, -0.2) is 4.98 Å². The Bertz CT molecular complexity index is 595. The van der Waals surface area contributed by atoms with Crippen LogP contribution in [0.2, 0.25) is 0 Å². The number of fused-ring (bicyclic) bond motifs is 1. The molecule has 2 unspecified atom stereocenters. The van der Waals surface area contributed by atoms with Gasteiger partial charge in [0.15, 0.2) is 0 Å². The van der Waals surface area contributed by atoms with Crippen LogP contribution in [0.5, 0.6) is 0 Å². The maximum absolute atomic E-state index is 4.76. The molecule has 1 N–H and O–H groups in total. The summed E-state index contributed by atoms with van der Waals surface area (Å²) in [4.78, 5) is 12.9. The summed E-state index contributed by atoms with van der Waals surface area (Å²) >= 11 is 1.69. The Labute approximate surface area is 124 Å². The number of aromatic nitrogens is 2. The van der Waals surface area contributed by atoms with Gasteiger partial charge in [0.1, 0.15) is 10.6 Å². The van der Waals surface area contributed by atoms with E-state index in [2.05, 4.69) is 47.4 Å². The van der Waals surface area contributed by atoms with Crippen molar-refractivity contribution in [1.29, 1.82) is 0 Å². The second-order valence-corrected chi connectivity index (χ2v) is 6.62. The summed E-state index contributed by atoms with van der Waals surface area (Å²) in [7, 11) is 0. The fourth-order valence-corrected chi connectivity index (χ4v) is 3.53. The Morgan fingerprint density at radius 1 is 1.35 bits per heavy atom. The molecule has 0 aliphatic carbocycles. The topological polar surface area (TPSA) is 41.1 Å². The summed E-state index contributed by atoms with van der Waals surface area (Å²) in [5.74, 6) is 3.38. The molecule has 1 aliphatic heterocycles. The van der Waals surface area contributed by atoms with Crippen LogP contribution in [0, 0.1) is 11.8 Å². The van der Waals surface area contributed by atoms with E-state index in [1.54, 1.807) is 11.3 Å². The highest BCUT2D eigenvalue weighted by Crippen LogP contribution is 2.33. The molecule has 0 aromatic carbocycles. The predicted octanol–water partition coefficient (Wildman–Crippen LogP) is 3.61. The summed E-state index contributed by atoms with van der Waals surface area (Å²) in [6, 6.07) is 2.15. The highest BCUT2D eigenvalue weighted by atomic mass is 32.1. The molecule has 0 amide bonds. The lowest BCUT2D eigenvalue weighted by Crippen LogP contribution is -2.39. The molecule has 108 valence electrons. The largest absolute Gasteiger partial charge is 0.356 e. The SMILES string of the molecule is CCNc1nc(N2CCC(C)C(C)C2)c2ccsc2n1. The first-order valence-electron chi connectivity index (χ1n) is 7.43. The Hall–Kier alpha value is -1.36. The fraction of sp³-hybridized carbons (Fsp3) is 0.600. The molecule has 3 heterocycles. The van der Waals surface area contributed by atoms with Crippen molar-refractivity contribution in [2.75, 3.05) is 29.9 Å². The predicted molar refractivity (Wildman–Crippen MR) is 86.7 cm³/mol. The molecule has 0 radical (unpaired) electrons. The number of hydrogen-bond donors (Lipinski definition) is 1. The zero-order chi connectivity index (χ0) is 14.1. The van der Waals surface area contributed by atoms with Crippen molar-refractivity contribution in [2.24, 2.45) is 11.8 Å². The van der Waals surface area contributed by atoms with Crippen molar-refractivity contribution in [1.82, 2.24) is 9.97 Å². The van der Waals surface area contributed by atoms with Crippen LogP contribution in [-0.2, 0) is 0 Å². The standard InChI is InChI=1S/C15H22N4S/c1-4-16-15-17-13(12-6-8-20-14(12)18-15)19-7-5-10(2)11(3)9-19/h6,8,10-11H,4-5,7,9H2,1-3H3,(H,16,17,18). The smallest absolute Gasteiger partial charge is 0.226 e. The number of nitrogens with zero attached hydrogens (tertiary/aromatic N) is 3. The van der Waals surface area contributed by atoms with Crippen molar-refractivity contribution in [2.45, 2.75) is 27.2 Å². The molecular weight excluding hydrogens is 268 g/mol. The molecule has 2 atom stereocenters. The molecule has 4 nitrogen and oxygen atoms in total. The van der Waals surface area contributed by atoms with Gasteiger partial charge in [0.05, 0.1) is 5.39 Å². The first kappa shape index (κ1) is 13.6. The van der Waals surface area contributed by atoms with Gasteiger partial charge in [0.25, 0.3) is 0 Å². The molecule has 0 saturated carbocycles. The molecule has 0 bridgehead atoms. The average Bonchev–Trinajstić information content (AvgIpc) is 2.89. The lowest BCUT2D eigenvalue weighted by atomic mass is 9.88. The number of thiophene rings is 1. The molecule has 1 aliphatic rings. The zero-order valence-corrected chi connectivity index (χ0v) is 13.2. The highest BCUT2D eigenvalue weighted by Gasteiger charge is 2.25. The van der Waals surface area contributed by atoms with Gasteiger partial charge in [0.2, 0.25) is 5.95 Å². The summed E-state index contributed by atoms with van der Waals surface area (Å²) < 4.78 is 0. The van der Waals surface area contributed by atoms with Crippen LogP contribution in [-0.4, -0.2) is 29.6 Å². The number of piperidine rings is 1. The van der Waals surface area contributed by atoms with Gasteiger partial charge in [-0.3, -0.25) is 0 Å². The minimum atomic E-state index is 0.718. The van der Waals surface area contributed by atoms with E-state index in [1.807, 2.05) is 0 Å². The normalized spacial score (nSPS) is 23.2. The minimum absolute atomic E-state index is 0.718. The van der Waals surface area contributed by atoms with E-state index in [1.165, 1.54) is 11.8 Å².